The summed E-state index contributed by atoms with van der Waals surface area (Å²) in [4.78, 5) is 28.5. The fourth-order valence-corrected chi connectivity index (χ4v) is 3.68. The van der Waals surface area contributed by atoms with Crippen molar-refractivity contribution in [3.63, 3.8) is 0 Å². The average molecular weight is 264 g/mol. The van der Waals surface area contributed by atoms with E-state index in [1.165, 1.54) is 0 Å². The monoisotopic (exact) mass is 264 g/mol. The first kappa shape index (κ1) is 12.7. The Hall–Kier alpha value is -1.35. The number of ether oxygens (including phenoxy) is 1. The van der Waals surface area contributed by atoms with Gasteiger partial charge in [0, 0.05) is 18.5 Å². The van der Waals surface area contributed by atoms with Crippen molar-refractivity contribution < 1.29 is 14.3 Å². The van der Waals surface area contributed by atoms with E-state index in [1.807, 2.05) is 25.7 Å². The number of fused-ring (bicyclic) bond motifs is 1. The molecule has 2 bridgehead atoms. The molecule has 3 atom stereocenters. The van der Waals surface area contributed by atoms with Crippen LogP contribution >= 0.6 is 0 Å². The summed E-state index contributed by atoms with van der Waals surface area (Å²) in [5, 5.41) is 0. The van der Waals surface area contributed by atoms with Gasteiger partial charge in [-0.2, -0.15) is 4.99 Å². The van der Waals surface area contributed by atoms with Crippen LogP contribution in [-0.4, -0.2) is 40.8 Å². The molecule has 5 nitrogen and oxygen atoms in total. The minimum absolute atomic E-state index is 0.202. The summed E-state index contributed by atoms with van der Waals surface area (Å²) in [5.41, 5.74) is -0.663. The van der Waals surface area contributed by atoms with Crippen molar-refractivity contribution in [2.24, 2.45) is 16.8 Å². The van der Waals surface area contributed by atoms with Crippen LogP contribution in [0.3, 0.4) is 0 Å². The SMILES string of the molecule is CC(C)(C)OC(=O)N1C[C@@H]2C[C@H]1C2C1(N=C=O)CC1. The average Bonchev–Trinajstić information content (AvgIpc) is 2.76. The number of aliphatic imine (C=N–C) groups is 1. The Morgan fingerprint density at radius 3 is 2.63 bits per heavy atom. The lowest BCUT2D eigenvalue weighted by Crippen LogP contribution is -2.48. The van der Waals surface area contributed by atoms with Crippen molar-refractivity contribution in [1.29, 1.82) is 0 Å². The van der Waals surface area contributed by atoms with Gasteiger partial charge in [-0.05, 0) is 46.0 Å². The minimum Gasteiger partial charge on any atom is -0.444 e. The highest BCUT2D eigenvalue weighted by molar-refractivity contribution is 5.70. The van der Waals surface area contributed by atoms with Crippen LogP contribution in [0.5, 0.6) is 0 Å². The largest absolute Gasteiger partial charge is 0.444 e. The normalized spacial score (nSPS) is 34.3. The highest BCUT2D eigenvalue weighted by Gasteiger charge is 2.66. The van der Waals surface area contributed by atoms with Crippen molar-refractivity contribution in [3.8, 4) is 0 Å². The maximum atomic E-state index is 12.1. The Labute approximate surface area is 113 Å². The molecule has 4 fully saturated rings. The summed E-state index contributed by atoms with van der Waals surface area (Å²) < 4.78 is 5.44. The molecule has 2 saturated heterocycles. The summed E-state index contributed by atoms with van der Waals surface area (Å²) in [6, 6.07) is 0.208. The Morgan fingerprint density at radius 1 is 1.42 bits per heavy atom. The van der Waals surface area contributed by atoms with E-state index in [0.29, 0.717) is 11.8 Å². The third-order valence-electron chi connectivity index (χ3n) is 4.58. The van der Waals surface area contributed by atoms with Crippen molar-refractivity contribution >= 4 is 12.2 Å². The molecule has 5 heteroatoms. The third kappa shape index (κ3) is 1.96. The van der Waals surface area contributed by atoms with Crippen LogP contribution < -0.4 is 0 Å². The molecule has 2 aliphatic heterocycles. The van der Waals surface area contributed by atoms with E-state index < -0.39 is 5.60 Å². The minimum atomic E-state index is -0.461. The molecule has 0 aromatic carbocycles. The zero-order valence-electron chi connectivity index (χ0n) is 11.7. The maximum absolute atomic E-state index is 12.1. The lowest BCUT2D eigenvalue weighted by atomic mass is 9.68. The number of hydrogen-bond acceptors (Lipinski definition) is 4. The number of rotatable bonds is 2. The molecule has 4 rings (SSSR count). The molecule has 2 saturated carbocycles. The molecule has 1 unspecified atom stereocenters. The first-order valence-corrected chi connectivity index (χ1v) is 6.95. The number of nitrogens with zero attached hydrogens (tertiary/aromatic N) is 2. The Morgan fingerprint density at radius 2 is 2.11 bits per heavy atom. The van der Waals surface area contributed by atoms with E-state index in [2.05, 4.69) is 4.99 Å². The van der Waals surface area contributed by atoms with E-state index in [-0.39, 0.29) is 17.7 Å². The first-order chi connectivity index (χ1) is 8.86. The fourth-order valence-electron chi connectivity index (χ4n) is 3.68. The second-order valence-electron chi connectivity index (χ2n) is 7.03. The lowest BCUT2D eigenvalue weighted by molar-refractivity contribution is 0.0180. The Kier molecular flexibility index (Phi) is 2.55. The standard InChI is InChI=1S/C14H20N2O3/c1-13(2,3)19-12(18)16-7-9-6-10(16)11(9)14(4-5-14)15-8-17/h9-11H,4-7H2,1-3H3/t9-,10-,11?/m0/s1. The number of carbonyl (C=O) groups excluding carboxylic acids is 2. The Bertz CT molecular complexity index is 458. The maximum Gasteiger partial charge on any atom is 0.410 e. The topological polar surface area (TPSA) is 59.0 Å². The van der Waals surface area contributed by atoms with E-state index in [9.17, 15) is 9.59 Å². The van der Waals surface area contributed by atoms with Gasteiger partial charge >= 0.3 is 6.09 Å². The summed E-state index contributed by atoms with van der Waals surface area (Å²) in [6.45, 7) is 6.38. The lowest BCUT2D eigenvalue weighted by Gasteiger charge is -2.40. The first-order valence-electron chi connectivity index (χ1n) is 6.95. The van der Waals surface area contributed by atoms with E-state index in [0.717, 1.165) is 25.8 Å². The molecule has 1 amide bonds. The van der Waals surface area contributed by atoms with Gasteiger partial charge < -0.3 is 9.64 Å². The predicted molar refractivity (Wildman–Crippen MR) is 68.4 cm³/mol. The van der Waals surface area contributed by atoms with Gasteiger partial charge in [-0.1, -0.05) is 0 Å². The third-order valence-corrected chi connectivity index (χ3v) is 4.58. The fraction of sp³-hybridized carbons (Fsp3) is 0.857. The van der Waals surface area contributed by atoms with Crippen molar-refractivity contribution in [2.45, 2.75) is 57.2 Å². The van der Waals surface area contributed by atoms with Gasteiger partial charge in [0.25, 0.3) is 0 Å². The molecule has 104 valence electrons. The molecule has 0 aromatic heterocycles. The van der Waals surface area contributed by atoms with Crippen LogP contribution in [0, 0.1) is 11.8 Å². The molecule has 0 radical (unpaired) electrons. The van der Waals surface area contributed by atoms with Gasteiger partial charge in [0.15, 0.2) is 0 Å². The van der Waals surface area contributed by atoms with Gasteiger partial charge in [0.2, 0.25) is 6.08 Å². The molecule has 2 heterocycles. The van der Waals surface area contributed by atoms with Crippen molar-refractivity contribution in [2.75, 3.05) is 6.54 Å². The van der Waals surface area contributed by atoms with Gasteiger partial charge in [-0.15, -0.1) is 0 Å². The van der Waals surface area contributed by atoms with Crippen LogP contribution in [0.2, 0.25) is 0 Å². The molecular weight excluding hydrogens is 244 g/mol. The van der Waals surface area contributed by atoms with Crippen molar-refractivity contribution in [1.82, 2.24) is 4.90 Å². The van der Waals surface area contributed by atoms with Gasteiger partial charge in [0.1, 0.15) is 5.60 Å². The molecule has 0 spiro atoms. The quantitative estimate of drug-likeness (QED) is 0.567. The molecule has 19 heavy (non-hydrogen) atoms. The van der Waals surface area contributed by atoms with Gasteiger partial charge in [-0.3, -0.25) is 0 Å². The van der Waals surface area contributed by atoms with E-state index >= 15 is 0 Å². The highest BCUT2D eigenvalue weighted by atomic mass is 16.6. The number of amides is 1. The molecule has 0 aromatic rings. The highest BCUT2D eigenvalue weighted by Crippen LogP contribution is 2.61. The van der Waals surface area contributed by atoms with Gasteiger partial charge in [-0.25, -0.2) is 9.59 Å². The second kappa shape index (κ2) is 3.83. The smallest absolute Gasteiger partial charge is 0.410 e. The van der Waals surface area contributed by atoms with Crippen molar-refractivity contribution in [3.05, 3.63) is 0 Å². The summed E-state index contributed by atoms with van der Waals surface area (Å²) in [6.07, 6.45) is 4.43. The number of carbonyl (C=O) groups is 1. The Balaban J connectivity index is 1.70. The molecule has 0 N–H and O–H groups in total. The number of hydrogen-bond donors (Lipinski definition) is 0. The van der Waals surface area contributed by atoms with Crippen LogP contribution in [0.25, 0.3) is 0 Å². The molecular formula is C14H20N2O3. The molecule has 2 aliphatic carbocycles. The predicted octanol–water partition coefficient (Wildman–Crippen LogP) is 2.11. The second-order valence-corrected chi connectivity index (χ2v) is 7.03. The summed E-state index contributed by atoms with van der Waals surface area (Å²) in [5.74, 6) is 0.832. The zero-order chi connectivity index (χ0) is 13.8. The van der Waals surface area contributed by atoms with Crippen LogP contribution in [0.4, 0.5) is 4.79 Å². The molecule has 4 aliphatic rings. The van der Waals surface area contributed by atoms with Crippen LogP contribution in [0.1, 0.15) is 40.0 Å². The van der Waals surface area contributed by atoms with E-state index in [1.54, 1.807) is 6.08 Å². The zero-order valence-corrected chi connectivity index (χ0v) is 11.7. The van der Waals surface area contributed by atoms with E-state index in [4.69, 9.17) is 4.74 Å². The van der Waals surface area contributed by atoms with Gasteiger partial charge in [0.05, 0.1) is 5.54 Å². The van der Waals surface area contributed by atoms with Crippen LogP contribution in [0.15, 0.2) is 4.99 Å². The van der Waals surface area contributed by atoms with Crippen LogP contribution in [-0.2, 0) is 9.53 Å². The number of isocyanates is 1. The summed E-state index contributed by atoms with van der Waals surface area (Å²) >= 11 is 0. The summed E-state index contributed by atoms with van der Waals surface area (Å²) in [7, 11) is 0.